The van der Waals surface area contributed by atoms with Gasteiger partial charge in [0.15, 0.2) is 0 Å². The number of aryl methyl sites for hydroxylation is 1. The average Bonchev–Trinajstić information content (AvgIpc) is 2.33. The van der Waals surface area contributed by atoms with Crippen LogP contribution < -0.4 is 0 Å². The second-order valence-corrected chi connectivity index (χ2v) is 3.92. The molecule has 1 aromatic carbocycles. The lowest BCUT2D eigenvalue weighted by Crippen LogP contribution is -1.85. The second-order valence-electron chi connectivity index (χ2n) is 3.51. The Kier molecular flexibility index (Phi) is 2.89. The molecular formula is C13H9ClN2. The Bertz CT molecular complexity index is 553. The highest BCUT2D eigenvalue weighted by atomic mass is 35.5. The minimum atomic E-state index is 0.564. The molecule has 0 N–H and O–H groups in total. The van der Waals surface area contributed by atoms with Crippen LogP contribution in [0.2, 0.25) is 5.02 Å². The van der Waals surface area contributed by atoms with Crippen molar-refractivity contribution in [2.75, 3.05) is 0 Å². The van der Waals surface area contributed by atoms with Crippen LogP contribution in [0.15, 0.2) is 36.5 Å². The Labute approximate surface area is 99.1 Å². The molecule has 0 spiro atoms. The highest BCUT2D eigenvalue weighted by Crippen LogP contribution is 2.23. The molecule has 0 aliphatic carbocycles. The predicted octanol–water partition coefficient (Wildman–Crippen LogP) is 3.58. The van der Waals surface area contributed by atoms with Gasteiger partial charge in [-0.05, 0) is 36.8 Å². The molecule has 2 rings (SSSR count). The van der Waals surface area contributed by atoms with Crippen LogP contribution in [0.1, 0.15) is 11.1 Å². The van der Waals surface area contributed by atoms with Crippen LogP contribution in [0.3, 0.4) is 0 Å². The highest BCUT2D eigenvalue weighted by molar-refractivity contribution is 6.31. The van der Waals surface area contributed by atoms with Gasteiger partial charge in [0.25, 0.3) is 0 Å². The quantitative estimate of drug-likeness (QED) is 0.748. The second kappa shape index (κ2) is 4.34. The summed E-state index contributed by atoms with van der Waals surface area (Å²) in [5.74, 6) is 0. The monoisotopic (exact) mass is 228 g/mol. The van der Waals surface area contributed by atoms with Crippen molar-refractivity contribution in [2.45, 2.75) is 6.92 Å². The standard InChI is InChI=1S/C13H9ClN2/c1-9-6-11(3-4-12(9)14)13-5-2-10(7-15)8-16-13/h2-6,8H,1H3. The third-order valence-electron chi connectivity index (χ3n) is 2.35. The smallest absolute Gasteiger partial charge is 0.101 e. The van der Waals surface area contributed by atoms with Gasteiger partial charge >= 0.3 is 0 Å². The minimum Gasteiger partial charge on any atom is -0.255 e. The van der Waals surface area contributed by atoms with E-state index in [-0.39, 0.29) is 0 Å². The molecule has 0 atom stereocenters. The number of rotatable bonds is 1. The molecule has 0 amide bonds. The molecule has 0 aliphatic rings. The zero-order valence-electron chi connectivity index (χ0n) is 8.74. The van der Waals surface area contributed by atoms with E-state index in [4.69, 9.17) is 16.9 Å². The van der Waals surface area contributed by atoms with Gasteiger partial charge in [0.2, 0.25) is 0 Å². The number of hydrogen-bond acceptors (Lipinski definition) is 2. The summed E-state index contributed by atoms with van der Waals surface area (Å²) >= 11 is 5.95. The molecule has 0 fully saturated rings. The van der Waals surface area contributed by atoms with Crippen molar-refractivity contribution in [1.82, 2.24) is 4.98 Å². The number of pyridine rings is 1. The Hall–Kier alpha value is -1.85. The van der Waals surface area contributed by atoms with Crippen molar-refractivity contribution < 1.29 is 0 Å². The van der Waals surface area contributed by atoms with Crippen LogP contribution in [0.4, 0.5) is 0 Å². The summed E-state index contributed by atoms with van der Waals surface area (Å²) in [5.41, 5.74) is 3.44. The number of halogens is 1. The van der Waals surface area contributed by atoms with E-state index < -0.39 is 0 Å². The molecule has 0 bridgehead atoms. The molecule has 16 heavy (non-hydrogen) atoms. The van der Waals surface area contributed by atoms with Gasteiger partial charge in [-0.25, -0.2) is 0 Å². The predicted molar refractivity (Wildman–Crippen MR) is 64.1 cm³/mol. The van der Waals surface area contributed by atoms with Crippen LogP contribution in [0.25, 0.3) is 11.3 Å². The third kappa shape index (κ3) is 2.05. The van der Waals surface area contributed by atoms with Gasteiger partial charge < -0.3 is 0 Å². The summed E-state index contributed by atoms with van der Waals surface area (Å²) in [5, 5.41) is 9.42. The maximum absolute atomic E-state index is 8.67. The summed E-state index contributed by atoms with van der Waals surface area (Å²) < 4.78 is 0. The number of nitriles is 1. The molecule has 1 aromatic heterocycles. The maximum atomic E-state index is 8.67. The molecule has 1 heterocycles. The number of aromatic nitrogens is 1. The lowest BCUT2D eigenvalue weighted by Gasteiger charge is -2.03. The van der Waals surface area contributed by atoms with Crippen molar-refractivity contribution in [3.63, 3.8) is 0 Å². The number of nitrogens with zero attached hydrogens (tertiary/aromatic N) is 2. The third-order valence-corrected chi connectivity index (χ3v) is 2.77. The molecule has 0 aliphatic heterocycles. The normalized spacial score (nSPS) is 9.81. The van der Waals surface area contributed by atoms with E-state index in [1.807, 2.05) is 37.3 Å². The fraction of sp³-hybridized carbons (Fsp3) is 0.0769. The first-order chi connectivity index (χ1) is 7.70. The SMILES string of the molecule is Cc1cc(-c2ccc(C#N)cn2)ccc1Cl. The topological polar surface area (TPSA) is 36.7 Å². The minimum absolute atomic E-state index is 0.564. The van der Waals surface area contributed by atoms with Gasteiger partial charge in [0, 0.05) is 16.8 Å². The van der Waals surface area contributed by atoms with E-state index >= 15 is 0 Å². The van der Waals surface area contributed by atoms with Gasteiger partial charge in [0.1, 0.15) is 6.07 Å². The summed E-state index contributed by atoms with van der Waals surface area (Å²) in [4.78, 5) is 4.22. The van der Waals surface area contributed by atoms with Crippen molar-refractivity contribution in [3.8, 4) is 17.3 Å². The lowest BCUT2D eigenvalue weighted by atomic mass is 10.1. The van der Waals surface area contributed by atoms with E-state index in [2.05, 4.69) is 4.98 Å². The van der Waals surface area contributed by atoms with E-state index in [0.717, 1.165) is 21.8 Å². The van der Waals surface area contributed by atoms with E-state index in [1.54, 1.807) is 12.3 Å². The van der Waals surface area contributed by atoms with Crippen LogP contribution in [0, 0.1) is 18.3 Å². The van der Waals surface area contributed by atoms with Crippen LogP contribution in [-0.4, -0.2) is 4.98 Å². The first kappa shape index (κ1) is 10.7. The summed E-state index contributed by atoms with van der Waals surface area (Å²) in [7, 11) is 0. The fourth-order valence-corrected chi connectivity index (χ4v) is 1.55. The van der Waals surface area contributed by atoms with E-state index in [9.17, 15) is 0 Å². The Morgan fingerprint density at radius 2 is 2.06 bits per heavy atom. The maximum Gasteiger partial charge on any atom is 0.101 e. The molecule has 78 valence electrons. The van der Waals surface area contributed by atoms with E-state index in [1.165, 1.54) is 0 Å². The van der Waals surface area contributed by atoms with E-state index in [0.29, 0.717) is 5.56 Å². The first-order valence-corrected chi connectivity index (χ1v) is 5.21. The molecule has 2 nitrogen and oxygen atoms in total. The fourth-order valence-electron chi connectivity index (χ4n) is 1.43. The molecule has 0 saturated carbocycles. The summed E-state index contributed by atoms with van der Waals surface area (Å²) in [6, 6.07) is 11.4. The van der Waals surface area contributed by atoms with Crippen molar-refractivity contribution in [3.05, 3.63) is 52.7 Å². The van der Waals surface area contributed by atoms with Crippen LogP contribution >= 0.6 is 11.6 Å². The van der Waals surface area contributed by atoms with Gasteiger partial charge in [0.05, 0.1) is 11.3 Å². The molecule has 0 unspecified atom stereocenters. The Balaban J connectivity index is 2.43. The molecule has 0 saturated heterocycles. The largest absolute Gasteiger partial charge is 0.255 e. The van der Waals surface area contributed by atoms with Gasteiger partial charge in [-0.15, -0.1) is 0 Å². The van der Waals surface area contributed by atoms with Gasteiger partial charge in [-0.1, -0.05) is 17.7 Å². The zero-order valence-corrected chi connectivity index (χ0v) is 9.49. The van der Waals surface area contributed by atoms with Crippen LogP contribution in [0.5, 0.6) is 0 Å². The molecule has 0 radical (unpaired) electrons. The number of hydrogen-bond donors (Lipinski definition) is 0. The van der Waals surface area contributed by atoms with Crippen molar-refractivity contribution in [2.24, 2.45) is 0 Å². The first-order valence-electron chi connectivity index (χ1n) is 4.83. The number of benzene rings is 1. The van der Waals surface area contributed by atoms with Crippen molar-refractivity contribution in [1.29, 1.82) is 5.26 Å². The van der Waals surface area contributed by atoms with Crippen LogP contribution in [-0.2, 0) is 0 Å². The zero-order chi connectivity index (χ0) is 11.5. The highest BCUT2D eigenvalue weighted by Gasteiger charge is 2.02. The Morgan fingerprint density at radius 3 is 2.62 bits per heavy atom. The molecule has 2 aromatic rings. The molecule has 3 heteroatoms. The van der Waals surface area contributed by atoms with Crippen molar-refractivity contribution >= 4 is 11.6 Å². The Morgan fingerprint density at radius 1 is 1.25 bits per heavy atom. The van der Waals surface area contributed by atoms with Gasteiger partial charge in [-0.2, -0.15) is 5.26 Å². The summed E-state index contributed by atoms with van der Waals surface area (Å²) in [6.45, 7) is 1.95. The average molecular weight is 229 g/mol. The van der Waals surface area contributed by atoms with Gasteiger partial charge in [-0.3, -0.25) is 4.98 Å². The lowest BCUT2D eigenvalue weighted by molar-refractivity contribution is 1.29. The molecular weight excluding hydrogens is 220 g/mol. The summed E-state index contributed by atoms with van der Waals surface area (Å²) in [6.07, 6.45) is 1.57.